The number of benzene rings is 2. The van der Waals surface area contributed by atoms with Crippen LogP contribution < -0.4 is 5.32 Å². The fourth-order valence-electron chi connectivity index (χ4n) is 2.18. The molecular formula is C16H15Cl3FN. The molecule has 2 aromatic rings. The van der Waals surface area contributed by atoms with Crippen LogP contribution in [0.2, 0.25) is 15.1 Å². The molecule has 0 radical (unpaired) electrons. The molecule has 1 nitrogen and oxygen atoms in total. The predicted molar refractivity (Wildman–Crippen MR) is 87.8 cm³/mol. The van der Waals surface area contributed by atoms with Crippen molar-refractivity contribution in [2.24, 2.45) is 0 Å². The fraction of sp³-hybridized carbons (Fsp3) is 0.250. The van der Waals surface area contributed by atoms with Crippen molar-refractivity contribution >= 4 is 34.8 Å². The molecule has 2 atom stereocenters. The zero-order valence-corrected chi connectivity index (χ0v) is 13.9. The summed E-state index contributed by atoms with van der Waals surface area (Å²) in [7, 11) is 0. The summed E-state index contributed by atoms with van der Waals surface area (Å²) >= 11 is 17.7. The van der Waals surface area contributed by atoms with Gasteiger partial charge in [0.25, 0.3) is 0 Å². The zero-order valence-electron chi connectivity index (χ0n) is 11.6. The third-order valence-corrected chi connectivity index (χ3v) is 4.25. The maximum absolute atomic E-state index is 13.6. The van der Waals surface area contributed by atoms with Crippen LogP contribution in [0.1, 0.15) is 37.1 Å². The molecule has 0 aliphatic heterocycles. The summed E-state index contributed by atoms with van der Waals surface area (Å²) in [5, 5.41) is 4.56. The summed E-state index contributed by atoms with van der Waals surface area (Å²) in [6.07, 6.45) is 0. The molecule has 2 rings (SSSR count). The first-order valence-corrected chi connectivity index (χ1v) is 7.68. The van der Waals surface area contributed by atoms with E-state index in [2.05, 4.69) is 5.32 Å². The van der Waals surface area contributed by atoms with Gasteiger partial charge >= 0.3 is 0 Å². The summed E-state index contributed by atoms with van der Waals surface area (Å²) in [5.74, 6) is -0.469. The third-order valence-electron chi connectivity index (χ3n) is 3.38. The Bertz CT molecular complexity index is 628. The van der Waals surface area contributed by atoms with E-state index in [4.69, 9.17) is 34.8 Å². The molecule has 0 heterocycles. The fourth-order valence-corrected chi connectivity index (χ4v) is 2.86. The quantitative estimate of drug-likeness (QED) is 0.650. The van der Waals surface area contributed by atoms with E-state index >= 15 is 0 Å². The summed E-state index contributed by atoms with van der Waals surface area (Å²) in [6.45, 7) is 3.96. The first-order valence-electron chi connectivity index (χ1n) is 6.54. The molecule has 0 aromatic heterocycles. The summed E-state index contributed by atoms with van der Waals surface area (Å²) in [5.41, 5.74) is 1.77. The van der Waals surface area contributed by atoms with Crippen molar-refractivity contribution in [1.82, 2.24) is 5.32 Å². The van der Waals surface area contributed by atoms with Crippen molar-refractivity contribution < 1.29 is 4.39 Å². The molecule has 0 spiro atoms. The van der Waals surface area contributed by atoms with Crippen LogP contribution in [-0.4, -0.2) is 0 Å². The smallest absolute Gasteiger partial charge is 0.142 e. The van der Waals surface area contributed by atoms with Gasteiger partial charge in [0.2, 0.25) is 0 Å². The van der Waals surface area contributed by atoms with E-state index in [9.17, 15) is 4.39 Å². The number of hydrogen-bond acceptors (Lipinski definition) is 1. The molecule has 1 N–H and O–H groups in total. The number of nitrogens with one attached hydrogen (secondary N) is 1. The highest BCUT2D eigenvalue weighted by Gasteiger charge is 2.16. The van der Waals surface area contributed by atoms with E-state index in [1.807, 2.05) is 38.1 Å². The monoisotopic (exact) mass is 345 g/mol. The van der Waals surface area contributed by atoms with Crippen LogP contribution in [0.15, 0.2) is 36.4 Å². The van der Waals surface area contributed by atoms with Gasteiger partial charge in [-0.1, -0.05) is 46.9 Å². The van der Waals surface area contributed by atoms with Crippen LogP contribution in [0.3, 0.4) is 0 Å². The van der Waals surface area contributed by atoms with Gasteiger partial charge < -0.3 is 5.32 Å². The highest BCUT2D eigenvalue weighted by atomic mass is 35.5. The van der Waals surface area contributed by atoms with Gasteiger partial charge in [0.15, 0.2) is 0 Å². The van der Waals surface area contributed by atoms with Gasteiger partial charge in [-0.3, -0.25) is 0 Å². The standard InChI is InChI=1S/C16H15Cl3FN/c1-9(11-3-5-12(17)6-4-11)21-10(2)13-7-16(20)15(19)8-14(13)18/h3-10,21H,1-2H3/t9-,10?/m0/s1. The molecule has 0 aliphatic carbocycles. The molecule has 0 saturated heterocycles. The van der Waals surface area contributed by atoms with Crippen molar-refractivity contribution in [3.05, 3.63) is 68.4 Å². The van der Waals surface area contributed by atoms with Crippen LogP contribution in [0.5, 0.6) is 0 Å². The predicted octanol–water partition coefficient (Wildman–Crippen LogP) is 6.20. The highest BCUT2D eigenvalue weighted by molar-refractivity contribution is 6.35. The topological polar surface area (TPSA) is 12.0 Å². The second kappa shape index (κ2) is 6.97. The Labute approximate surface area is 139 Å². The van der Waals surface area contributed by atoms with Crippen LogP contribution >= 0.6 is 34.8 Å². The normalized spacial score (nSPS) is 14.0. The summed E-state index contributed by atoms with van der Waals surface area (Å²) in [6, 6.07) is 10.4. The van der Waals surface area contributed by atoms with Crippen molar-refractivity contribution in [2.75, 3.05) is 0 Å². The largest absolute Gasteiger partial charge is 0.304 e. The second-order valence-electron chi connectivity index (χ2n) is 4.95. The first-order chi connectivity index (χ1) is 9.88. The number of halogens is 4. The minimum absolute atomic E-state index is 0.0294. The van der Waals surface area contributed by atoms with Crippen LogP contribution in [-0.2, 0) is 0 Å². The maximum Gasteiger partial charge on any atom is 0.142 e. The van der Waals surface area contributed by atoms with Gasteiger partial charge in [-0.25, -0.2) is 4.39 Å². The van der Waals surface area contributed by atoms with Crippen LogP contribution in [0.4, 0.5) is 4.39 Å². The lowest BCUT2D eigenvalue weighted by atomic mass is 10.0. The average Bonchev–Trinajstić information content (AvgIpc) is 2.43. The Morgan fingerprint density at radius 1 is 0.905 bits per heavy atom. The lowest BCUT2D eigenvalue weighted by Gasteiger charge is -2.22. The average molecular weight is 347 g/mol. The van der Waals surface area contributed by atoms with E-state index in [0.717, 1.165) is 5.56 Å². The van der Waals surface area contributed by atoms with Gasteiger partial charge in [0.05, 0.1) is 5.02 Å². The Kier molecular flexibility index (Phi) is 5.50. The Morgan fingerprint density at radius 3 is 2.14 bits per heavy atom. The van der Waals surface area contributed by atoms with Gasteiger partial charge in [-0.2, -0.15) is 0 Å². The minimum Gasteiger partial charge on any atom is -0.304 e. The molecule has 0 saturated carbocycles. The van der Waals surface area contributed by atoms with Crippen LogP contribution in [0.25, 0.3) is 0 Å². The van der Waals surface area contributed by atoms with Crippen molar-refractivity contribution in [3.8, 4) is 0 Å². The van der Waals surface area contributed by atoms with Gasteiger partial charge in [0, 0.05) is 22.1 Å². The van der Waals surface area contributed by atoms with Crippen molar-refractivity contribution in [3.63, 3.8) is 0 Å². The van der Waals surface area contributed by atoms with Crippen molar-refractivity contribution in [1.29, 1.82) is 0 Å². The van der Waals surface area contributed by atoms with E-state index in [1.165, 1.54) is 12.1 Å². The van der Waals surface area contributed by atoms with Gasteiger partial charge in [-0.05, 0) is 49.2 Å². The molecule has 0 amide bonds. The van der Waals surface area contributed by atoms with E-state index in [0.29, 0.717) is 15.6 Å². The maximum atomic E-state index is 13.6. The van der Waals surface area contributed by atoms with Gasteiger partial charge in [0.1, 0.15) is 5.82 Å². The number of rotatable bonds is 4. The molecule has 5 heteroatoms. The Balaban J connectivity index is 2.15. The molecular weight excluding hydrogens is 332 g/mol. The zero-order chi connectivity index (χ0) is 15.6. The van der Waals surface area contributed by atoms with Crippen LogP contribution in [0, 0.1) is 5.82 Å². The van der Waals surface area contributed by atoms with E-state index in [-0.39, 0.29) is 17.1 Å². The molecule has 1 unspecified atom stereocenters. The molecule has 0 bridgehead atoms. The lowest BCUT2D eigenvalue weighted by Crippen LogP contribution is -2.22. The molecule has 0 fully saturated rings. The van der Waals surface area contributed by atoms with E-state index in [1.54, 1.807) is 0 Å². The summed E-state index contributed by atoms with van der Waals surface area (Å²) < 4.78 is 13.6. The molecule has 2 aromatic carbocycles. The Hall–Kier alpha value is -0.800. The Morgan fingerprint density at radius 2 is 1.52 bits per heavy atom. The minimum atomic E-state index is -0.469. The third kappa shape index (κ3) is 4.10. The van der Waals surface area contributed by atoms with Gasteiger partial charge in [-0.15, -0.1) is 0 Å². The van der Waals surface area contributed by atoms with Crippen molar-refractivity contribution in [2.45, 2.75) is 25.9 Å². The SMILES string of the molecule is CC(N[C@@H](C)c1ccc(Cl)cc1)c1cc(F)c(Cl)cc1Cl. The molecule has 0 aliphatic rings. The molecule has 21 heavy (non-hydrogen) atoms. The lowest BCUT2D eigenvalue weighted by molar-refractivity contribution is 0.492. The first kappa shape index (κ1) is 16.6. The number of hydrogen-bond donors (Lipinski definition) is 1. The summed E-state index contributed by atoms with van der Waals surface area (Å²) in [4.78, 5) is 0. The second-order valence-corrected chi connectivity index (χ2v) is 6.20. The highest BCUT2D eigenvalue weighted by Crippen LogP contribution is 2.30. The molecule has 112 valence electrons. The van der Waals surface area contributed by atoms with E-state index < -0.39 is 5.82 Å².